The molecule has 0 N–H and O–H groups in total. The molecule has 0 atom stereocenters. The zero-order valence-electron chi connectivity index (χ0n) is 16.2. The van der Waals surface area contributed by atoms with Crippen LogP contribution in [0.1, 0.15) is 67.9 Å². The number of rotatable bonds is 4. The summed E-state index contributed by atoms with van der Waals surface area (Å²) in [7, 11) is -2.05. The molecule has 0 amide bonds. The fourth-order valence-corrected chi connectivity index (χ4v) is 13.4. The van der Waals surface area contributed by atoms with Gasteiger partial charge in [0.25, 0.3) is 0 Å². The summed E-state index contributed by atoms with van der Waals surface area (Å²) < 4.78 is 6.87. The van der Waals surface area contributed by atoms with Crippen molar-refractivity contribution in [3.8, 4) is 0 Å². The Hall–Kier alpha value is -0.603. The molecule has 0 aliphatic heterocycles. The first kappa shape index (κ1) is 19.4. The second-order valence-corrected chi connectivity index (χ2v) is 15.7. The Morgan fingerprint density at radius 3 is 1.50 bits per heavy atom. The molecule has 126 valence electrons. The van der Waals surface area contributed by atoms with Crippen LogP contribution in [0.4, 0.5) is 0 Å². The zero-order chi connectivity index (χ0) is 17.2. The molecular formula is C20H36OSi. The Morgan fingerprint density at radius 2 is 1.14 bits per heavy atom. The Morgan fingerprint density at radius 1 is 0.727 bits per heavy atom. The molecule has 0 saturated heterocycles. The fourth-order valence-electron chi connectivity index (χ4n) is 4.99. The van der Waals surface area contributed by atoms with E-state index in [1.54, 1.807) is 0 Å². The van der Waals surface area contributed by atoms with Gasteiger partial charge in [0.15, 0.2) is 0 Å². The first-order valence-corrected chi connectivity index (χ1v) is 10.4. The lowest BCUT2D eigenvalue weighted by Crippen LogP contribution is -2.61. The maximum absolute atomic E-state index is 6.87. The fraction of sp³-hybridized carbons (Fsp3) is 0.700. The standard InChI is InChI=1S/C20H36OSi/c1-18(2,3)22(19(4,5)6,20(7,8)9)21-16-15-17-13-11-10-12-14-17/h10-14H,15-16H2,1-9H3. The van der Waals surface area contributed by atoms with Gasteiger partial charge in [-0.1, -0.05) is 92.6 Å². The first-order chi connectivity index (χ1) is 9.83. The Balaban J connectivity index is 3.06. The average molecular weight is 321 g/mol. The highest BCUT2D eigenvalue weighted by Gasteiger charge is 2.61. The minimum absolute atomic E-state index is 0.195. The molecule has 0 fully saturated rings. The SMILES string of the molecule is CC(C)(C)[Si](OCCc1ccccc1)(C(C)(C)C)C(C)(C)C. The van der Waals surface area contributed by atoms with Crippen molar-refractivity contribution >= 4 is 8.32 Å². The number of hydrogen-bond acceptors (Lipinski definition) is 1. The molecule has 0 heterocycles. The predicted octanol–water partition coefficient (Wildman–Crippen LogP) is 6.59. The van der Waals surface area contributed by atoms with Crippen molar-refractivity contribution in [1.82, 2.24) is 0 Å². The van der Waals surface area contributed by atoms with Gasteiger partial charge in [-0.15, -0.1) is 0 Å². The van der Waals surface area contributed by atoms with Gasteiger partial charge in [0, 0.05) is 6.61 Å². The van der Waals surface area contributed by atoms with E-state index in [2.05, 4.69) is 92.6 Å². The lowest BCUT2D eigenvalue weighted by Gasteiger charge is -2.58. The molecule has 1 aromatic carbocycles. The largest absolute Gasteiger partial charge is 0.415 e. The van der Waals surface area contributed by atoms with Crippen LogP contribution >= 0.6 is 0 Å². The first-order valence-electron chi connectivity index (χ1n) is 8.51. The van der Waals surface area contributed by atoms with Gasteiger partial charge in [-0.3, -0.25) is 0 Å². The van der Waals surface area contributed by atoms with E-state index in [0.717, 1.165) is 13.0 Å². The maximum Gasteiger partial charge on any atom is 0.208 e. The van der Waals surface area contributed by atoms with Crippen LogP contribution in [-0.2, 0) is 10.8 Å². The van der Waals surface area contributed by atoms with Crippen molar-refractivity contribution < 1.29 is 4.43 Å². The van der Waals surface area contributed by atoms with Crippen molar-refractivity contribution in [2.75, 3.05) is 6.61 Å². The summed E-state index contributed by atoms with van der Waals surface area (Å²) in [5.74, 6) is 0. The molecule has 0 aromatic heterocycles. The molecule has 1 aromatic rings. The average Bonchev–Trinajstić information content (AvgIpc) is 2.31. The summed E-state index contributed by atoms with van der Waals surface area (Å²) in [6, 6.07) is 10.7. The third kappa shape index (κ3) is 3.83. The van der Waals surface area contributed by atoms with Crippen LogP contribution < -0.4 is 0 Å². The molecule has 0 radical (unpaired) electrons. The normalized spacial score (nSPS) is 14.2. The summed E-state index contributed by atoms with van der Waals surface area (Å²) in [5.41, 5.74) is 1.36. The molecule has 2 heteroatoms. The molecule has 0 bridgehead atoms. The summed E-state index contributed by atoms with van der Waals surface area (Å²) in [6.07, 6.45) is 0.998. The van der Waals surface area contributed by atoms with Crippen LogP contribution in [-0.4, -0.2) is 14.9 Å². The lowest BCUT2D eigenvalue weighted by molar-refractivity contribution is 0.236. The van der Waals surface area contributed by atoms with Crippen LogP contribution in [0.3, 0.4) is 0 Å². The van der Waals surface area contributed by atoms with Crippen LogP contribution in [0.25, 0.3) is 0 Å². The molecule has 0 spiro atoms. The molecular weight excluding hydrogens is 284 g/mol. The van der Waals surface area contributed by atoms with Crippen molar-refractivity contribution in [1.29, 1.82) is 0 Å². The smallest absolute Gasteiger partial charge is 0.208 e. The minimum Gasteiger partial charge on any atom is -0.415 e. The van der Waals surface area contributed by atoms with Crippen molar-refractivity contribution in [2.24, 2.45) is 0 Å². The van der Waals surface area contributed by atoms with Crippen LogP contribution in [0.15, 0.2) is 30.3 Å². The van der Waals surface area contributed by atoms with Gasteiger partial charge < -0.3 is 4.43 Å². The summed E-state index contributed by atoms with van der Waals surface area (Å²) in [6.45, 7) is 22.2. The van der Waals surface area contributed by atoms with Gasteiger partial charge in [-0.25, -0.2) is 0 Å². The van der Waals surface area contributed by atoms with Crippen LogP contribution in [0, 0.1) is 0 Å². The summed E-state index contributed by atoms with van der Waals surface area (Å²) >= 11 is 0. The van der Waals surface area contributed by atoms with Gasteiger partial charge >= 0.3 is 0 Å². The predicted molar refractivity (Wildman–Crippen MR) is 101 cm³/mol. The summed E-state index contributed by atoms with van der Waals surface area (Å²) in [5, 5.41) is 0.584. The van der Waals surface area contributed by atoms with Crippen LogP contribution in [0.2, 0.25) is 15.1 Å². The van der Waals surface area contributed by atoms with E-state index in [-0.39, 0.29) is 15.1 Å². The van der Waals surface area contributed by atoms with Gasteiger partial charge in [-0.05, 0) is 27.1 Å². The number of benzene rings is 1. The summed E-state index contributed by atoms with van der Waals surface area (Å²) in [4.78, 5) is 0. The monoisotopic (exact) mass is 320 g/mol. The zero-order valence-corrected chi connectivity index (χ0v) is 17.2. The number of hydrogen-bond donors (Lipinski definition) is 0. The van der Waals surface area contributed by atoms with E-state index in [9.17, 15) is 0 Å². The molecule has 0 unspecified atom stereocenters. The highest BCUT2D eigenvalue weighted by atomic mass is 28.4. The second kappa shape index (κ2) is 6.49. The van der Waals surface area contributed by atoms with Crippen molar-refractivity contribution in [3.63, 3.8) is 0 Å². The van der Waals surface area contributed by atoms with E-state index in [4.69, 9.17) is 4.43 Å². The van der Waals surface area contributed by atoms with Gasteiger partial charge in [-0.2, -0.15) is 0 Å². The van der Waals surface area contributed by atoms with Gasteiger partial charge in [0.1, 0.15) is 0 Å². The van der Waals surface area contributed by atoms with Crippen molar-refractivity contribution in [3.05, 3.63) is 35.9 Å². The van der Waals surface area contributed by atoms with E-state index in [1.807, 2.05) is 0 Å². The lowest BCUT2D eigenvalue weighted by atomic mass is 10.2. The molecule has 0 saturated carbocycles. The second-order valence-electron chi connectivity index (χ2n) is 9.52. The Kier molecular flexibility index (Phi) is 5.73. The van der Waals surface area contributed by atoms with Gasteiger partial charge in [0.2, 0.25) is 8.32 Å². The molecule has 0 aliphatic carbocycles. The third-order valence-electron chi connectivity index (χ3n) is 4.72. The Bertz CT molecular complexity index is 421. The quantitative estimate of drug-likeness (QED) is 0.568. The highest BCUT2D eigenvalue weighted by molar-refractivity contribution is 6.82. The molecule has 0 aliphatic rings. The van der Waals surface area contributed by atoms with E-state index in [0.29, 0.717) is 0 Å². The molecule has 22 heavy (non-hydrogen) atoms. The van der Waals surface area contributed by atoms with Crippen LogP contribution in [0.5, 0.6) is 0 Å². The van der Waals surface area contributed by atoms with Gasteiger partial charge in [0.05, 0.1) is 0 Å². The highest BCUT2D eigenvalue weighted by Crippen LogP contribution is 2.62. The minimum atomic E-state index is -2.05. The van der Waals surface area contributed by atoms with E-state index < -0.39 is 8.32 Å². The third-order valence-corrected chi connectivity index (χ3v) is 11.7. The molecule has 1 nitrogen and oxygen atoms in total. The maximum atomic E-state index is 6.87. The van der Waals surface area contributed by atoms with E-state index >= 15 is 0 Å². The van der Waals surface area contributed by atoms with Crippen molar-refractivity contribution in [2.45, 2.75) is 83.8 Å². The molecule has 1 rings (SSSR count). The van der Waals surface area contributed by atoms with E-state index in [1.165, 1.54) is 5.56 Å². The topological polar surface area (TPSA) is 9.23 Å². The Labute approximate surface area is 139 Å².